The lowest BCUT2D eigenvalue weighted by Gasteiger charge is -1.97. The van der Waals surface area contributed by atoms with Crippen LogP contribution in [0.3, 0.4) is 0 Å². The summed E-state index contributed by atoms with van der Waals surface area (Å²) in [6.07, 6.45) is 1.20. The molecule has 1 aromatic carbocycles. The van der Waals surface area contributed by atoms with Gasteiger partial charge in [-0.3, -0.25) is 4.79 Å². The van der Waals surface area contributed by atoms with E-state index in [9.17, 15) is 4.79 Å². The number of aryl methyl sites for hydroxylation is 1. The maximum atomic E-state index is 10.8. The highest BCUT2D eigenvalue weighted by atomic mass is 127. The molecule has 0 aliphatic rings. The first kappa shape index (κ1) is 9.51. The predicted octanol–water partition coefficient (Wildman–Crippen LogP) is 2.51. The van der Waals surface area contributed by atoms with Crippen molar-refractivity contribution >= 4 is 29.0 Å². The van der Waals surface area contributed by atoms with Crippen LogP contribution in [-0.2, 0) is 14.3 Å². The minimum Gasteiger partial charge on any atom is -0.394 e. The van der Waals surface area contributed by atoms with Gasteiger partial charge in [0.2, 0.25) is 0 Å². The summed E-state index contributed by atoms with van der Waals surface area (Å²) in [7, 11) is 0. The van der Waals surface area contributed by atoms with E-state index in [2.05, 4.69) is 3.07 Å². The number of benzene rings is 1. The predicted molar refractivity (Wildman–Crippen MR) is 54.9 cm³/mol. The Bertz CT molecular complexity index is 246. The van der Waals surface area contributed by atoms with Crippen LogP contribution in [0.4, 0.5) is 0 Å². The molecule has 0 fully saturated rings. The molecule has 0 radical (unpaired) electrons. The molecule has 12 heavy (non-hydrogen) atoms. The van der Waals surface area contributed by atoms with Crippen molar-refractivity contribution in [2.24, 2.45) is 0 Å². The second-order valence-electron chi connectivity index (χ2n) is 2.43. The summed E-state index contributed by atoms with van der Waals surface area (Å²) in [5, 5.41) is 0. The maximum absolute atomic E-state index is 10.8. The molecule has 0 unspecified atom stereocenters. The molecule has 0 aliphatic heterocycles. The Balaban J connectivity index is 2.38. The minimum atomic E-state index is -0.167. The largest absolute Gasteiger partial charge is 0.394 e. The third-order valence-corrected chi connectivity index (χ3v) is 2.04. The fourth-order valence-corrected chi connectivity index (χ4v) is 1.15. The van der Waals surface area contributed by atoms with Gasteiger partial charge in [-0.1, -0.05) is 30.3 Å². The van der Waals surface area contributed by atoms with E-state index in [-0.39, 0.29) is 5.97 Å². The second-order valence-corrected chi connectivity index (χ2v) is 2.88. The van der Waals surface area contributed by atoms with Crippen LogP contribution in [0.15, 0.2) is 30.3 Å². The van der Waals surface area contributed by atoms with Gasteiger partial charge in [-0.2, -0.15) is 0 Å². The van der Waals surface area contributed by atoms with Gasteiger partial charge in [0.05, 0.1) is 6.42 Å². The number of carbonyl (C=O) groups excluding carboxylic acids is 1. The standard InChI is InChI=1S/C9H9IO2/c10-12-9(11)7-6-8-4-2-1-3-5-8/h1-5H,6-7H2. The van der Waals surface area contributed by atoms with E-state index < -0.39 is 0 Å². The molecule has 0 aliphatic carbocycles. The van der Waals surface area contributed by atoms with Crippen LogP contribution in [0.2, 0.25) is 0 Å². The molecule has 64 valence electrons. The van der Waals surface area contributed by atoms with Crippen molar-refractivity contribution in [3.63, 3.8) is 0 Å². The number of hydrogen-bond donors (Lipinski definition) is 0. The molecule has 1 aromatic rings. The molecule has 0 saturated carbocycles. The molecule has 0 heterocycles. The summed E-state index contributed by atoms with van der Waals surface area (Å²) in [5.74, 6) is -0.167. The molecule has 1 rings (SSSR count). The summed E-state index contributed by atoms with van der Waals surface area (Å²) in [5.41, 5.74) is 1.17. The summed E-state index contributed by atoms with van der Waals surface area (Å²) in [6.45, 7) is 0. The highest BCUT2D eigenvalue weighted by Crippen LogP contribution is 2.04. The third-order valence-electron chi connectivity index (χ3n) is 1.55. The van der Waals surface area contributed by atoms with Gasteiger partial charge in [0, 0.05) is 0 Å². The van der Waals surface area contributed by atoms with E-state index in [0.29, 0.717) is 6.42 Å². The van der Waals surface area contributed by atoms with Crippen LogP contribution < -0.4 is 0 Å². The van der Waals surface area contributed by atoms with Gasteiger partial charge >= 0.3 is 5.97 Å². The number of halogens is 1. The van der Waals surface area contributed by atoms with Crippen molar-refractivity contribution in [2.75, 3.05) is 0 Å². The summed E-state index contributed by atoms with van der Waals surface area (Å²) in [6, 6.07) is 9.89. The normalized spacial score (nSPS) is 9.42. The Morgan fingerprint density at radius 1 is 1.33 bits per heavy atom. The van der Waals surface area contributed by atoms with E-state index in [1.807, 2.05) is 30.3 Å². The van der Waals surface area contributed by atoms with Gasteiger partial charge in [-0.15, -0.1) is 0 Å². The Hall–Kier alpha value is -0.580. The number of hydrogen-bond acceptors (Lipinski definition) is 2. The quantitative estimate of drug-likeness (QED) is 0.793. The average Bonchev–Trinajstić information content (AvgIpc) is 2.16. The van der Waals surface area contributed by atoms with Gasteiger partial charge in [0.15, 0.2) is 23.0 Å². The van der Waals surface area contributed by atoms with Crippen molar-refractivity contribution in [1.82, 2.24) is 0 Å². The average molecular weight is 276 g/mol. The first-order chi connectivity index (χ1) is 5.83. The van der Waals surface area contributed by atoms with Crippen LogP contribution in [0.25, 0.3) is 0 Å². The van der Waals surface area contributed by atoms with Crippen molar-refractivity contribution in [3.8, 4) is 0 Å². The second kappa shape index (κ2) is 5.13. The van der Waals surface area contributed by atoms with E-state index in [1.54, 1.807) is 23.0 Å². The molecule has 0 aromatic heterocycles. The molecular formula is C9H9IO2. The van der Waals surface area contributed by atoms with Gasteiger partial charge in [0.1, 0.15) is 0 Å². The van der Waals surface area contributed by atoms with Crippen molar-refractivity contribution in [3.05, 3.63) is 35.9 Å². The minimum absolute atomic E-state index is 0.167. The molecule has 0 N–H and O–H groups in total. The van der Waals surface area contributed by atoms with Crippen LogP contribution in [0.1, 0.15) is 12.0 Å². The van der Waals surface area contributed by atoms with Crippen molar-refractivity contribution in [1.29, 1.82) is 0 Å². The Labute approximate surface area is 85.6 Å². The fraction of sp³-hybridized carbons (Fsp3) is 0.222. The van der Waals surface area contributed by atoms with Gasteiger partial charge in [-0.05, 0) is 12.0 Å². The van der Waals surface area contributed by atoms with Crippen molar-refractivity contribution < 1.29 is 7.86 Å². The topological polar surface area (TPSA) is 26.3 Å². The van der Waals surface area contributed by atoms with Gasteiger partial charge in [0.25, 0.3) is 0 Å². The van der Waals surface area contributed by atoms with Crippen LogP contribution in [0, 0.1) is 0 Å². The summed E-state index contributed by atoms with van der Waals surface area (Å²) >= 11 is 1.61. The number of rotatable bonds is 3. The van der Waals surface area contributed by atoms with E-state index >= 15 is 0 Å². The first-order valence-corrected chi connectivity index (χ1v) is 4.56. The Morgan fingerprint density at radius 2 is 2.00 bits per heavy atom. The monoisotopic (exact) mass is 276 g/mol. The smallest absolute Gasteiger partial charge is 0.315 e. The van der Waals surface area contributed by atoms with Crippen LogP contribution >= 0.6 is 23.0 Å². The zero-order valence-corrected chi connectivity index (χ0v) is 8.65. The molecule has 0 spiro atoms. The van der Waals surface area contributed by atoms with Crippen molar-refractivity contribution in [2.45, 2.75) is 12.8 Å². The lowest BCUT2D eigenvalue weighted by molar-refractivity contribution is -0.131. The highest BCUT2D eigenvalue weighted by Gasteiger charge is 2.00. The molecule has 0 amide bonds. The Kier molecular flexibility index (Phi) is 4.07. The lowest BCUT2D eigenvalue weighted by Crippen LogP contribution is -1.98. The molecule has 0 saturated heterocycles. The van der Waals surface area contributed by atoms with Gasteiger partial charge < -0.3 is 3.07 Å². The molecular weight excluding hydrogens is 267 g/mol. The molecule has 0 bridgehead atoms. The molecule has 2 nitrogen and oxygen atoms in total. The fourth-order valence-electron chi connectivity index (χ4n) is 0.930. The van der Waals surface area contributed by atoms with E-state index in [1.165, 1.54) is 5.56 Å². The third kappa shape index (κ3) is 3.21. The lowest BCUT2D eigenvalue weighted by atomic mass is 10.1. The highest BCUT2D eigenvalue weighted by molar-refractivity contribution is 14.1. The maximum Gasteiger partial charge on any atom is 0.315 e. The Morgan fingerprint density at radius 3 is 2.58 bits per heavy atom. The molecule has 3 heteroatoms. The van der Waals surface area contributed by atoms with Gasteiger partial charge in [-0.25, -0.2) is 0 Å². The van der Waals surface area contributed by atoms with Crippen LogP contribution in [-0.4, -0.2) is 5.97 Å². The van der Waals surface area contributed by atoms with E-state index in [4.69, 9.17) is 0 Å². The SMILES string of the molecule is O=C(CCc1ccccc1)OI. The number of carbonyl (C=O) groups is 1. The summed E-state index contributed by atoms with van der Waals surface area (Å²) < 4.78 is 4.50. The zero-order valence-electron chi connectivity index (χ0n) is 6.50. The molecule has 0 atom stereocenters. The zero-order chi connectivity index (χ0) is 8.81. The summed E-state index contributed by atoms with van der Waals surface area (Å²) in [4.78, 5) is 10.8. The van der Waals surface area contributed by atoms with E-state index in [0.717, 1.165) is 6.42 Å². The van der Waals surface area contributed by atoms with Crippen LogP contribution in [0.5, 0.6) is 0 Å². The first-order valence-electron chi connectivity index (χ1n) is 3.68.